The van der Waals surface area contributed by atoms with Gasteiger partial charge in [-0.1, -0.05) is 30.3 Å². The highest BCUT2D eigenvalue weighted by Crippen LogP contribution is 2.38. The Morgan fingerprint density at radius 3 is 2.54 bits per heavy atom. The summed E-state index contributed by atoms with van der Waals surface area (Å²) in [6.45, 7) is 4.68. The molecule has 3 aromatic rings. The third-order valence-electron chi connectivity index (χ3n) is 9.19. The van der Waals surface area contributed by atoms with Crippen molar-refractivity contribution in [1.82, 2.24) is 14.6 Å². The predicted octanol–water partition coefficient (Wildman–Crippen LogP) is 4.81. The molecule has 1 atom stereocenters. The van der Waals surface area contributed by atoms with Crippen molar-refractivity contribution >= 4 is 26.8 Å². The first-order valence-electron chi connectivity index (χ1n) is 14.9. The van der Waals surface area contributed by atoms with E-state index >= 15 is 0 Å². The van der Waals surface area contributed by atoms with E-state index in [2.05, 4.69) is 45.8 Å². The minimum absolute atomic E-state index is 0.0270. The van der Waals surface area contributed by atoms with Gasteiger partial charge < -0.3 is 19.4 Å². The average Bonchev–Trinajstić information content (AvgIpc) is 3.79. The lowest BCUT2D eigenvalue weighted by atomic mass is 9.85. The summed E-state index contributed by atoms with van der Waals surface area (Å²) in [6.07, 6.45) is 5.99. The van der Waals surface area contributed by atoms with Crippen LogP contribution in [0.3, 0.4) is 0 Å². The van der Waals surface area contributed by atoms with E-state index < -0.39 is 10.0 Å². The van der Waals surface area contributed by atoms with Crippen molar-refractivity contribution in [2.24, 2.45) is 11.8 Å². The molecule has 9 heteroatoms. The van der Waals surface area contributed by atoms with Crippen molar-refractivity contribution in [2.75, 3.05) is 33.5 Å². The Labute approximate surface area is 242 Å². The molecule has 3 aliphatic rings. The van der Waals surface area contributed by atoms with Crippen LogP contribution in [0.5, 0.6) is 0 Å². The van der Waals surface area contributed by atoms with E-state index in [0.29, 0.717) is 58.0 Å². The number of aromatic nitrogens is 1. The Balaban J connectivity index is 1.10. The summed E-state index contributed by atoms with van der Waals surface area (Å²) in [5, 5.41) is 1.01. The summed E-state index contributed by atoms with van der Waals surface area (Å²) >= 11 is 0. The van der Waals surface area contributed by atoms with Crippen LogP contribution in [0.4, 0.5) is 0 Å². The Morgan fingerprint density at radius 1 is 1.07 bits per heavy atom. The van der Waals surface area contributed by atoms with Crippen LogP contribution in [0, 0.1) is 18.8 Å². The highest BCUT2D eigenvalue weighted by Gasteiger charge is 2.41. The number of hydrogen-bond donors (Lipinski definition) is 2. The van der Waals surface area contributed by atoms with Gasteiger partial charge in [0.25, 0.3) is 0 Å². The van der Waals surface area contributed by atoms with Crippen molar-refractivity contribution < 1.29 is 22.7 Å². The predicted molar refractivity (Wildman–Crippen MR) is 159 cm³/mol. The first kappa shape index (κ1) is 28.4. The Bertz CT molecular complexity index is 1490. The second-order valence-electron chi connectivity index (χ2n) is 12.0. The molecule has 0 unspecified atom stereocenters. The van der Waals surface area contributed by atoms with E-state index in [9.17, 15) is 13.2 Å². The number of sulfonamides is 1. The SMILES string of the molecule is COCCc1ccc(-c2[nH]c3cc(S(=O)(=O)N[C@H]4CC[C@H](C(=O)N5CCOC[C@@H]5C5CC5)CC4)ccc3c2C)cc1. The van der Waals surface area contributed by atoms with Crippen molar-refractivity contribution in [3.05, 3.63) is 53.6 Å². The first-order chi connectivity index (χ1) is 19.8. The normalized spacial score (nSPS) is 23.7. The quantitative estimate of drug-likeness (QED) is 0.379. The highest BCUT2D eigenvalue weighted by molar-refractivity contribution is 7.89. The molecule has 41 heavy (non-hydrogen) atoms. The summed E-state index contributed by atoms with van der Waals surface area (Å²) < 4.78 is 40.6. The molecule has 2 saturated carbocycles. The van der Waals surface area contributed by atoms with Crippen molar-refractivity contribution in [3.8, 4) is 11.3 Å². The molecule has 2 aromatic carbocycles. The number of aromatic amines is 1. The van der Waals surface area contributed by atoms with Crippen LogP contribution in [0.2, 0.25) is 0 Å². The lowest BCUT2D eigenvalue weighted by molar-refractivity contribution is -0.146. The number of ether oxygens (including phenoxy) is 2. The van der Waals surface area contributed by atoms with Crippen LogP contribution >= 0.6 is 0 Å². The number of benzene rings is 2. The summed E-state index contributed by atoms with van der Waals surface area (Å²) in [5.41, 5.74) is 5.16. The number of nitrogens with zero attached hydrogens (tertiary/aromatic N) is 1. The monoisotopic (exact) mass is 579 g/mol. The molecule has 1 amide bonds. The number of carbonyl (C=O) groups excluding carboxylic acids is 1. The lowest BCUT2D eigenvalue weighted by Crippen LogP contribution is -2.52. The van der Waals surface area contributed by atoms with Crippen LogP contribution in [-0.2, 0) is 30.7 Å². The van der Waals surface area contributed by atoms with Gasteiger partial charge in [0, 0.05) is 42.2 Å². The van der Waals surface area contributed by atoms with Gasteiger partial charge in [0.1, 0.15) is 0 Å². The molecule has 0 spiro atoms. The van der Waals surface area contributed by atoms with Gasteiger partial charge in [-0.05, 0) is 86.6 Å². The second-order valence-corrected chi connectivity index (χ2v) is 13.7. The largest absolute Gasteiger partial charge is 0.384 e. The number of fused-ring (bicyclic) bond motifs is 1. The molecular formula is C32H41N3O5S. The molecule has 1 saturated heterocycles. The molecule has 1 aromatic heterocycles. The van der Waals surface area contributed by atoms with E-state index in [0.717, 1.165) is 34.1 Å². The van der Waals surface area contributed by atoms with Gasteiger partial charge in [-0.3, -0.25) is 4.79 Å². The summed E-state index contributed by atoms with van der Waals surface area (Å²) in [6, 6.07) is 13.8. The molecular weight excluding hydrogens is 538 g/mol. The van der Waals surface area contributed by atoms with Crippen LogP contribution in [-0.4, -0.2) is 69.8 Å². The van der Waals surface area contributed by atoms with E-state index in [4.69, 9.17) is 9.47 Å². The summed E-state index contributed by atoms with van der Waals surface area (Å²) in [4.78, 5) is 19.1. The number of methoxy groups -OCH3 is 1. The smallest absolute Gasteiger partial charge is 0.240 e. The van der Waals surface area contributed by atoms with Crippen LogP contribution in [0.1, 0.15) is 49.7 Å². The van der Waals surface area contributed by atoms with Crippen molar-refractivity contribution in [1.29, 1.82) is 0 Å². The van der Waals surface area contributed by atoms with Gasteiger partial charge in [-0.25, -0.2) is 13.1 Å². The third kappa shape index (κ3) is 6.09. The van der Waals surface area contributed by atoms with Crippen molar-refractivity contribution in [2.45, 2.75) is 68.8 Å². The fourth-order valence-corrected chi connectivity index (χ4v) is 7.91. The number of hydrogen-bond acceptors (Lipinski definition) is 5. The molecule has 2 heterocycles. The molecule has 6 rings (SSSR count). The lowest BCUT2D eigenvalue weighted by Gasteiger charge is -2.39. The van der Waals surface area contributed by atoms with Gasteiger partial charge in [-0.2, -0.15) is 0 Å². The Hall–Kier alpha value is -2.72. The zero-order valence-electron chi connectivity index (χ0n) is 24.0. The molecule has 2 aliphatic carbocycles. The van der Waals surface area contributed by atoms with E-state index in [-0.39, 0.29) is 28.8 Å². The molecule has 3 fully saturated rings. The van der Waals surface area contributed by atoms with Gasteiger partial charge in [-0.15, -0.1) is 0 Å². The van der Waals surface area contributed by atoms with Gasteiger partial charge >= 0.3 is 0 Å². The number of morpholine rings is 1. The summed E-state index contributed by atoms with van der Waals surface area (Å²) in [7, 11) is -1.99. The zero-order valence-corrected chi connectivity index (χ0v) is 24.8. The minimum atomic E-state index is -3.70. The fourth-order valence-electron chi connectivity index (χ4n) is 6.58. The number of H-pyrrole nitrogens is 1. The Morgan fingerprint density at radius 2 is 1.83 bits per heavy atom. The van der Waals surface area contributed by atoms with Crippen LogP contribution in [0.25, 0.3) is 22.2 Å². The number of amides is 1. The molecule has 0 radical (unpaired) electrons. The molecule has 2 N–H and O–H groups in total. The standard InChI is InChI=1S/C32H41N3O5S/c1-21-28-14-13-27(19-29(28)33-31(21)24-5-3-22(4-6-24)15-17-39-2)41(37,38)34-26-11-9-25(10-12-26)32(36)35-16-18-40-20-30(35)23-7-8-23/h3-6,13-14,19,23,25-26,30,33-34H,7-12,15-18,20H2,1-2H3/t25-,26-,30-/m1/s1. The molecule has 1 aliphatic heterocycles. The zero-order chi connectivity index (χ0) is 28.6. The number of carbonyl (C=O) groups is 1. The maximum atomic E-state index is 13.4. The van der Waals surface area contributed by atoms with Gasteiger partial charge in [0.2, 0.25) is 15.9 Å². The van der Waals surface area contributed by atoms with Gasteiger partial charge in [0.05, 0.1) is 30.8 Å². The Kier molecular flexibility index (Phi) is 8.23. The van der Waals surface area contributed by atoms with E-state index in [1.165, 1.54) is 18.4 Å². The fraction of sp³-hybridized carbons (Fsp3) is 0.531. The minimum Gasteiger partial charge on any atom is -0.384 e. The average molecular weight is 580 g/mol. The molecule has 0 bridgehead atoms. The van der Waals surface area contributed by atoms with E-state index in [1.807, 2.05) is 6.07 Å². The van der Waals surface area contributed by atoms with Crippen molar-refractivity contribution in [3.63, 3.8) is 0 Å². The molecule has 8 nitrogen and oxygen atoms in total. The second kappa shape index (κ2) is 11.9. The number of nitrogens with one attached hydrogen (secondary N) is 2. The van der Waals surface area contributed by atoms with Crippen LogP contribution in [0.15, 0.2) is 47.4 Å². The third-order valence-corrected chi connectivity index (χ3v) is 10.7. The number of rotatable bonds is 9. The highest BCUT2D eigenvalue weighted by atomic mass is 32.2. The van der Waals surface area contributed by atoms with Crippen LogP contribution < -0.4 is 4.72 Å². The topological polar surface area (TPSA) is 101 Å². The van der Waals surface area contributed by atoms with Gasteiger partial charge in [0.15, 0.2) is 0 Å². The number of aryl methyl sites for hydroxylation is 1. The first-order valence-corrected chi connectivity index (χ1v) is 16.4. The maximum Gasteiger partial charge on any atom is 0.240 e. The van der Waals surface area contributed by atoms with E-state index in [1.54, 1.807) is 19.2 Å². The maximum absolute atomic E-state index is 13.4. The summed E-state index contributed by atoms with van der Waals surface area (Å²) in [5.74, 6) is 0.797. The molecule has 220 valence electrons.